The topological polar surface area (TPSA) is 69.9 Å². The quantitative estimate of drug-likeness (QED) is 0.188. The minimum atomic E-state index is -0.499. The highest BCUT2D eigenvalue weighted by Crippen LogP contribution is 2.40. The van der Waals surface area contributed by atoms with E-state index in [-0.39, 0.29) is 23.0 Å². The van der Waals surface area contributed by atoms with E-state index in [1.54, 1.807) is 0 Å². The molecule has 51 heavy (non-hydrogen) atoms. The molecule has 0 saturated carbocycles. The summed E-state index contributed by atoms with van der Waals surface area (Å²) in [7, 11) is 0. The van der Waals surface area contributed by atoms with E-state index in [1.807, 2.05) is 84.9 Å². The second kappa shape index (κ2) is 10.7. The van der Waals surface area contributed by atoms with Crippen LogP contribution in [-0.2, 0) is 0 Å². The number of fused-ring (bicyclic) bond motifs is 9. The molecule has 6 nitrogen and oxygen atoms in total. The van der Waals surface area contributed by atoms with Crippen LogP contribution in [0.1, 0.15) is 6.85 Å². The summed E-state index contributed by atoms with van der Waals surface area (Å²) in [6.07, 6.45) is 0. The van der Waals surface area contributed by atoms with Crippen LogP contribution in [0.4, 0.5) is 0 Å². The van der Waals surface area contributed by atoms with Crippen molar-refractivity contribution < 1.29 is 15.7 Å². The third kappa shape index (κ3) is 4.20. The van der Waals surface area contributed by atoms with Crippen molar-refractivity contribution in [2.45, 2.75) is 0 Å². The SMILES string of the molecule is [2H]c1c([2H])c([2H])c(-c2nc(-c3ccc4c(c3)oc3cccc(-n5c6ccccc6c6ccccc65)c34)nc(-c3cccc4c3oc3ccccc34)n2)c([2H])c1[2H]. The van der Waals surface area contributed by atoms with Gasteiger partial charge in [0.05, 0.1) is 34.5 Å². The summed E-state index contributed by atoms with van der Waals surface area (Å²) in [5.41, 5.74) is 6.76. The van der Waals surface area contributed by atoms with Gasteiger partial charge >= 0.3 is 0 Å². The van der Waals surface area contributed by atoms with Crippen LogP contribution in [0.3, 0.4) is 0 Å². The Labute approximate surface area is 297 Å². The highest BCUT2D eigenvalue weighted by atomic mass is 16.3. The Bertz CT molecular complexity index is 3380. The number of hydrogen-bond acceptors (Lipinski definition) is 5. The summed E-state index contributed by atoms with van der Waals surface area (Å²) < 4.78 is 57.7. The van der Waals surface area contributed by atoms with Crippen molar-refractivity contribution in [1.29, 1.82) is 0 Å². The Morgan fingerprint density at radius 2 is 1.12 bits per heavy atom. The fourth-order valence-corrected chi connectivity index (χ4v) is 7.34. The Balaban J connectivity index is 1.15. The van der Waals surface area contributed by atoms with Crippen LogP contribution < -0.4 is 0 Å². The molecule has 0 bridgehead atoms. The summed E-state index contributed by atoms with van der Waals surface area (Å²) in [6.45, 7) is 0. The van der Waals surface area contributed by atoms with E-state index in [2.05, 4.69) is 47.0 Å². The van der Waals surface area contributed by atoms with Crippen LogP contribution in [0.15, 0.2) is 166 Å². The summed E-state index contributed by atoms with van der Waals surface area (Å²) >= 11 is 0. The average Bonchev–Trinajstić information content (AvgIpc) is 3.91. The summed E-state index contributed by atoms with van der Waals surface area (Å²) in [5, 5.41) is 5.97. The Kier molecular flexibility index (Phi) is 4.91. The first kappa shape index (κ1) is 23.3. The highest BCUT2D eigenvalue weighted by Gasteiger charge is 2.20. The van der Waals surface area contributed by atoms with Gasteiger partial charge in [0.2, 0.25) is 0 Å². The molecule has 11 aromatic rings. The van der Waals surface area contributed by atoms with Crippen LogP contribution in [0, 0.1) is 0 Å². The van der Waals surface area contributed by atoms with Crippen molar-refractivity contribution in [3.8, 4) is 39.9 Å². The maximum absolute atomic E-state index is 8.77. The van der Waals surface area contributed by atoms with Gasteiger partial charge in [-0.3, -0.25) is 0 Å². The lowest BCUT2D eigenvalue weighted by atomic mass is 10.1. The van der Waals surface area contributed by atoms with Gasteiger partial charge in [-0.15, -0.1) is 0 Å². The van der Waals surface area contributed by atoms with Crippen LogP contribution in [0.5, 0.6) is 0 Å². The van der Waals surface area contributed by atoms with Crippen molar-refractivity contribution in [1.82, 2.24) is 19.5 Å². The van der Waals surface area contributed by atoms with Crippen LogP contribution >= 0.6 is 0 Å². The molecule has 0 atom stereocenters. The van der Waals surface area contributed by atoms with Crippen molar-refractivity contribution in [2.24, 2.45) is 0 Å². The summed E-state index contributed by atoms with van der Waals surface area (Å²) in [5.74, 6) is 0.392. The van der Waals surface area contributed by atoms with Gasteiger partial charge in [0.15, 0.2) is 17.5 Å². The van der Waals surface area contributed by atoms with Crippen molar-refractivity contribution in [2.75, 3.05) is 0 Å². The van der Waals surface area contributed by atoms with Gasteiger partial charge in [0.25, 0.3) is 0 Å². The van der Waals surface area contributed by atoms with Gasteiger partial charge in [-0.2, -0.15) is 0 Å². The molecule has 0 aliphatic rings. The fraction of sp³-hybridized carbons (Fsp3) is 0. The van der Waals surface area contributed by atoms with Gasteiger partial charge < -0.3 is 13.4 Å². The van der Waals surface area contributed by atoms with Crippen LogP contribution in [0.25, 0.3) is 106 Å². The average molecular weight is 660 g/mol. The zero-order chi connectivity index (χ0) is 37.8. The van der Waals surface area contributed by atoms with E-state index in [9.17, 15) is 0 Å². The minimum Gasteiger partial charge on any atom is -0.456 e. The van der Waals surface area contributed by atoms with E-state index < -0.39 is 30.2 Å². The van der Waals surface area contributed by atoms with Gasteiger partial charge in [-0.25, -0.2) is 15.0 Å². The predicted molar refractivity (Wildman–Crippen MR) is 205 cm³/mol. The molecule has 0 N–H and O–H groups in total. The number of rotatable bonds is 4. The van der Waals surface area contributed by atoms with E-state index >= 15 is 0 Å². The minimum absolute atomic E-state index is 0.0616. The molecule has 0 aliphatic heterocycles. The molecule has 7 aromatic carbocycles. The molecular weight excluding hydrogens is 629 g/mol. The zero-order valence-corrected chi connectivity index (χ0v) is 26.7. The molecule has 0 fully saturated rings. The molecule has 0 saturated heterocycles. The van der Waals surface area contributed by atoms with Gasteiger partial charge in [0.1, 0.15) is 22.3 Å². The van der Waals surface area contributed by atoms with Crippen molar-refractivity contribution in [3.05, 3.63) is 158 Å². The maximum Gasteiger partial charge on any atom is 0.167 e. The Hall–Kier alpha value is -7.05. The van der Waals surface area contributed by atoms with Gasteiger partial charge in [-0.05, 0) is 48.5 Å². The smallest absolute Gasteiger partial charge is 0.167 e. The Morgan fingerprint density at radius 3 is 1.92 bits per heavy atom. The van der Waals surface area contributed by atoms with Crippen molar-refractivity contribution >= 4 is 65.7 Å². The maximum atomic E-state index is 8.77. The standard InChI is InChI=1S/C45H26N4O2/c1-2-12-27(13-3-1)43-46-44(48-45(47-43)34-18-10-17-32-31-16-6-9-22-38(31)51-42(32)34)28-24-25-33-40(26-28)50-39-23-11-21-37(41(33)39)49-35-19-7-4-14-29(35)30-15-5-8-20-36(30)49/h1-26H/i1D,2D,3D,12D,13D. The molecule has 6 heteroatoms. The lowest BCUT2D eigenvalue weighted by Gasteiger charge is -2.10. The number of furan rings is 2. The van der Waals surface area contributed by atoms with Crippen LogP contribution in [-0.4, -0.2) is 19.5 Å². The van der Waals surface area contributed by atoms with E-state index in [1.165, 1.54) is 0 Å². The molecule has 4 heterocycles. The molecule has 4 aromatic heterocycles. The number of aromatic nitrogens is 4. The van der Waals surface area contributed by atoms with E-state index in [0.717, 1.165) is 49.0 Å². The van der Waals surface area contributed by atoms with Crippen LogP contribution in [0.2, 0.25) is 0 Å². The molecule has 238 valence electrons. The lowest BCUT2D eigenvalue weighted by molar-refractivity contribution is 0.668. The largest absolute Gasteiger partial charge is 0.456 e. The zero-order valence-electron chi connectivity index (χ0n) is 31.7. The number of para-hydroxylation sites is 4. The fourth-order valence-electron chi connectivity index (χ4n) is 7.34. The molecule has 0 amide bonds. The van der Waals surface area contributed by atoms with E-state index in [4.69, 9.17) is 30.6 Å². The first-order chi connectivity index (χ1) is 27.4. The first-order valence-corrected chi connectivity index (χ1v) is 16.5. The number of benzene rings is 7. The molecule has 0 radical (unpaired) electrons. The highest BCUT2D eigenvalue weighted by molar-refractivity contribution is 6.15. The third-order valence-corrected chi connectivity index (χ3v) is 9.56. The van der Waals surface area contributed by atoms with Gasteiger partial charge in [0, 0.05) is 38.1 Å². The molecule has 0 aliphatic carbocycles. The first-order valence-electron chi connectivity index (χ1n) is 19.0. The van der Waals surface area contributed by atoms with Crippen molar-refractivity contribution in [3.63, 3.8) is 0 Å². The Morgan fingerprint density at radius 1 is 0.471 bits per heavy atom. The second-order valence-corrected chi connectivity index (χ2v) is 12.4. The molecule has 11 rings (SSSR count). The third-order valence-electron chi connectivity index (χ3n) is 9.56. The molecule has 0 spiro atoms. The van der Waals surface area contributed by atoms with Gasteiger partial charge in [-0.1, -0.05) is 109 Å². The molecule has 0 unspecified atom stereocenters. The summed E-state index contributed by atoms with van der Waals surface area (Å²) in [6, 6.07) is 39.7. The summed E-state index contributed by atoms with van der Waals surface area (Å²) in [4.78, 5) is 14.5. The normalized spacial score (nSPS) is 13.3. The molecular formula is C45H26N4O2. The number of hydrogen-bond donors (Lipinski definition) is 0. The van der Waals surface area contributed by atoms with E-state index in [0.29, 0.717) is 33.5 Å². The predicted octanol–water partition coefficient (Wildman–Crippen LogP) is 11.8. The second-order valence-electron chi connectivity index (χ2n) is 12.4. The lowest BCUT2D eigenvalue weighted by Crippen LogP contribution is -2.00. The number of nitrogens with zero attached hydrogens (tertiary/aromatic N) is 4. The monoisotopic (exact) mass is 659 g/mol.